The van der Waals surface area contributed by atoms with Gasteiger partial charge in [-0.05, 0) is 45.3 Å². The van der Waals surface area contributed by atoms with Gasteiger partial charge in [-0.3, -0.25) is 0 Å². The molecule has 0 aliphatic heterocycles. The van der Waals surface area contributed by atoms with Crippen LogP contribution in [0, 0.1) is 6.92 Å². The second-order valence-electron chi connectivity index (χ2n) is 11.7. The van der Waals surface area contributed by atoms with E-state index < -0.39 is 16.9 Å². The highest BCUT2D eigenvalue weighted by Gasteiger charge is 2.44. The van der Waals surface area contributed by atoms with Crippen molar-refractivity contribution in [3.63, 3.8) is 0 Å². The van der Waals surface area contributed by atoms with Gasteiger partial charge in [-0.2, -0.15) is 0 Å². The van der Waals surface area contributed by atoms with E-state index in [1.54, 1.807) is 5.19 Å². The van der Waals surface area contributed by atoms with E-state index in [1.165, 1.54) is 38.6 Å². The second kappa shape index (κ2) is 9.01. The Morgan fingerprint density at radius 3 is 1.97 bits per heavy atom. The van der Waals surface area contributed by atoms with Crippen LogP contribution >= 0.6 is 0 Å². The number of hydrogen-bond donors (Lipinski definition) is 0. The molecular formula is C31H40OSi2. The molecule has 4 rings (SSSR count). The van der Waals surface area contributed by atoms with Gasteiger partial charge in [0, 0.05) is 5.54 Å². The molecule has 0 aromatic heterocycles. The molecule has 0 spiro atoms. The molecule has 3 aromatic rings. The number of benzene rings is 3. The van der Waals surface area contributed by atoms with Gasteiger partial charge in [0.1, 0.15) is 12.4 Å². The Hall–Kier alpha value is -2.37. The van der Waals surface area contributed by atoms with Crippen LogP contribution in [0.15, 0.2) is 67.3 Å². The third kappa shape index (κ3) is 4.03. The van der Waals surface area contributed by atoms with Crippen LogP contribution in [0.2, 0.25) is 26.2 Å². The van der Waals surface area contributed by atoms with Crippen LogP contribution in [0.3, 0.4) is 0 Å². The van der Waals surface area contributed by atoms with Crippen molar-refractivity contribution in [1.82, 2.24) is 0 Å². The Labute approximate surface area is 209 Å². The maximum atomic E-state index is 6.65. The molecule has 0 amide bonds. The molecule has 34 heavy (non-hydrogen) atoms. The molecule has 3 heteroatoms. The van der Waals surface area contributed by atoms with Crippen LogP contribution in [0.1, 0.15) is 48.6 Å². The first kappa shape index (κ1) is 24.7. The van der Waals surface area contributed by atoms with E-state index in [4.69, 9.17) is 4.74 Å². The number of rotatable bonds is 6. The second-order valence-corrected chi connectivity index (χ2v) is 19.1. The van der Waals surface area contributed by atoms with Crippen LogP contribution in [-0.2, 0) is 5.41 Å². The first-order valence-corrected chi connectivity index (χ1v) is 18.6. The third-order valence-corrected chi connectivity index (χ3v) is 13.2. The number of hydrogen-bond acceptors (Lipinski definition) is 1. The minimum atomic E-state index is -2.09. The van der Waals surface area contributed by atoms with Crippen molar-refractivity contribution >= 4 is 27.2 Å². The van der Waals surface area contributed by atoms with E-state index in [1.807, 2.05) is 6.08 Å². The van der Waals surface area contributed by atoms with Crippen LogP contribution in [0.25, 0.3) is 11.1 Å². The maximum Gasteiger partial charge on any atom is 0.122 e. The molecule has 3 aromatic carbocycles. The van der Waals surface area contributed by atoms with Crippen molar-refractivity contribution in [2.45, 2.75) is 64.8 Å². The smallest absolute Gasteiger partial charge is 0.122 e. The normalized spacial score (nSPS) is 13.7. The summed E-state index contributed by atoms with van der Waals surface area (Å²) < 4.78 is 6.65. The molecule has 0 saturated heterocycles. The molecule has 1 nitrogen and oxygen atoms in total. The van der Waals surface area contributed by atoms with Crippen LogP contribution in [-0.4, -0.2) is 23.5 Å². The lowest BCUT2D eigenvalue weighted by atomic mass is 9.85. The summed E-state index contributed by atoms with van der Waals surface area (Å²) in [5, 5.41) is 3.03. The highest BCUT2D eigenvalue weighted by molar-refractivity contribution is 6.92. The fourth-order valence-corrected chi connectivity index (χ4v) is 12.0. The summed E-state index contributed by atoms with van der Waals surface area (Å²) in [4.78, 5) is 0. The lowest BCUT2D eigenvalue weighted by molar-refractivity contribution is 0.354. The Bertz CT molecular complexity index is 1190. The van der Waals surface area contributed by atoms with Crippen molar-refractivity contribution < 1.29 is 4.74 Å². The monoisotopic (exact) mass is 484 g/mol. The van der Waals surface area contributed by atoms with Gasteiger partial charge in [0.2, 0.25) is 0 Å². The summed E-state index contributed by atoms with van der Waals surface area (Å²) in [6.07, 6.45) is 1.89. The van der Waals surface area contributed by atoms with E-state index in [0.717, 1.165) is 5.75 Å². The largest absolute Gasteiger partial charge is 0.489 e. The van der Waals surface area contributed by atoms with E-state index in [-0.39, 0.29) is 5.41 Å². The maximum absolute atomic E-state index is 6.65. The van der Waals surface area contributed by atoms with Gasteiger partial charge >= 0.3 is 0 Å². The van der Waals surface area contributed by atoms with E-state index >= 15 is 0 Å². The first-order chi connectivity index (χ1) is 16.0. The van der Waals surface area contributed by atoms with E-state index in [2.05, 4.69) is 115 Å². The summed E-state index contributed by atoms with van der Waals surface area (Å²) in [7, 11) is -3.16. The van der Waals surface area contributed by atoms with Crippen LogP contribution < -0.4 is 15.1 Å². The van der Waals surface area contributed by atoms with Gasteiger partial charge in [0.15, 0.2) is 0 Å². The molecule has 178 valence electrons. The summed E-state index contributed by atoms with van der Waals surface area (Å²) >= 11 is 0. The highest BCUT2D eigenvalue weighted by Crippen LogP contribution is 2.49. The average Bonchev–Trinajstić information content (AvgIpc) is 3.11. The predicted molar refractivity (Wildman–Crippen MR) is 155 cm³/mol. The minimum absolute atomic E-state index is 0.0137. The van der Waals surface area contributed by atoms with Crippen molar-refractivity contribution in [3.8, 4) is 16.9 Å². The van der Waals surface area contributed by atoms with Crippen molar-refractivity contribution in [1.29, 1.82) is 0 Å². The molecule has 0 atom stereocenters. The Morgan fingerprint density at radius 1 is 0.971 bits per heavy atom. The quantitative estimate of drug-likeness (QED) is 0.275. The SMILES string of the molecule is C=CCOc1c([Si](C)(C)C2c3ccccc3-c3ccccc32)cc(C)c([SiH](C)C)c1C(C)(C)C. The van der Waals surface area contributed by atoms with Gasteiger partial charge in [0.05, 0.1) is 16.9 Å². The minimum Gasteiger partial charge on any atom is -0.489 e. The zero-order valence-corrected chi connectivity index (χ0v) is 24.4. The predicted octanol–water partition coefficient (Wildman–Crippen LogP) is 6.82. The Morgan fingerprint density at radius 2 is 1.50 bits per heavy atom. The van der Waals surface area contributed by atoms with Gasteiger partial charge in [0.25, 0.3) is 0 Å². The lowest BCUT2D eigenvalue weighted by Crippen LogP contribution is -2.51. The molecule has 1 aliphatic rings. The van der Waals surface area contributed by atoms with Crippen molar-refractivity contribution in [2.75, 3.05) is 6.61 Å². The van der Waals surface area contributed by atoms with Gasteiger partial charge in [-0.25, -0.2) is 0 Å². The summed E-state index contributed by atoms with van der Waals surface area (Å²) in [5.74, 6) is 1.15. The molecule has 0 N–H and O–H groups in total. The topological polar surface area (TPSA) is 9.23 Å². The Kier molecular flexibility index (Phi) is 6.56. The molecule has 0 unspecified atom stereocenters. The molecule has 0 radical (unpaired) electrons. The fourth-order valence-electron chi connectivity index (χ4n) is 6.16. The molecule has 1 aliphatic carbocycles. The van der Waals surface area contributed by atoms with Gasteiger partial charge in [-0.1, -0.05) is 125 Å². The zero-order chi connectivity index (χ0) is 24.8. The fraction of sp³-hybridized carbons (Fsp3) is 0.355. The zero-order valence-electron chi connectivity index (χ0n) is 22.3. The van der Waals surface area contributed by atoms with Gasteiger partial charge < -0.3 is 4.74 Å². The van der Waals surface area contributed by atoms with Crippen LogP contribution in [0.5, 0.6) is 5.75 Å². The summed E-state index contributed by atoms with van der Waals surface area (Å²) in [6.45, 7) is 23.9. The molecule has 0 bridgehead atoms. The molecular weight excluding hydrogens is 445 g/mol. The molecule has 0 fully saturated rings. The van der Waals surface area contributed by atoms with E-state index in [0.29, 0.717) is 12.1 Å². The first-order valence-electron chi connectivity index (χ1n) is 12.6. The average molecular weight is 485 g/mol. The van der Waals surface area contributed by atoms with Gasteiger partial charge in [-0.15, -0.1) is 0 Å². The summed E-state index contributed by atoms with van der Waals surface area (Å²) in [5.41, 5.74) is 9.06. The Balaban J connectivity index is 2.04. The molecule has 0 heterocycles. The third-order valence-electron chi connectivity index (χ3n) is 7.45. The van der Waals surface area contributed by atoms with Crippen molar-refractivity contribution in [3.05, 3.63) is 89.5 Å². The number of fused-ring (bicyclic) bond motifs is 3. The van der Waals surface area contributed by atoms with Crippen LogP contribution in [0.4, 0.5) is 0 Å². The van der Waals surface area contributed by atoms with E-state index in [9.17, 15) is 0 Å². The number of aryl methyl sites for hydroxylation is 1. The van der Waals surface area contributed by atoms with Crippen molar-refractivity contribution in [2.24, 2.45) is 0 Å². The molecule has 0 saturated carbocycles. The highest BCUT2D eigenvalue weighted by atomic mass is 28.3. The summed E-state index contributed by atoms with van der Waals surface area (Å²) in [6, 6.07) is 20.6. The number of ether oxygens (including phenoxy) is 1. The lowest BCUT2D eigenvalue weighted by Gasteiger charge is -2.37. The standard InChI is InChI=1S/C31H40OSi2/c1-10-19-32-28-26(20-21(2)29(33(6)7)27(28)31(3,4)5)34(8,9)30-24-17-13-11-15-22(24)23-16-12-14-18-25(23)30/h10-18,20,30,33H,1,19H2,2-9H3.